The van der Waals surface area contributed by atoms with E-state index in [4.69, 9.17) is 9.47 Å². The standard InChI is InChI=1S/C19H34N2O2/c1-14(22-3)20-18-9-5-16(6-10-18)13-17-7-11-19(12-8-17)21-15(2)23-4/h16-19H,5-13H2,1-4H3/b20-14-,21-15-. The summed E-state index contributed by atoms with van der Waals surface area (Å²) < 4.78 is 10.4. The molecule has 0 spiro atoms. The van der Waals surface area contributed by atoms with Gasteiger partial charge in [0.15, 0.2) is 11.8 Å². The van der Waals surface area contributed by atoms with Crippen LogP contribution < -0.4 is 0 Å². The van der Waals surface area contributed by atoms with E-state index in [2.05, 4.69) is 9.98 Å². The third-order valence-corrected chi connectivity index (χ3v) is 5.62. The zero-order valence-corrected chi connectivity index (χ0v) is 15.4. The second-order valence-corrected chi connectivity index (χ2v) is 7.29. The molecule has 4 nitrogen and oxygen atoms in total. The molecule has 0 aromatic rings. The van der Waals surface area contributed by atoms with E-state index in [9.17, 15) is 0 Å². The minimum Gasteiger partial charge on any atom is -0.484 e. The SMILES string of the molecule is CO/C(C)=N\C1CCC(CC2CCC(/N=C(/C)OC)CC2)CC1. The molecule has 0 aromatic heterocycles. The molecular formula is C19H34N2O2. The van der Waals surface area contributed by atoms with Crippen LogP contribution in [0.3, 0.4) is 0 Å². The molecule has 2 rings (SSSR count). The Morgan fingerprint density at radius 3 is 1.35 bits per heavy atom. The first-order chi connectivity index (χ1) is 11.1. The summed E-state index contributed by atoms with van der Waals surface area (Å²) in [4.78, 5) is 9.30. The van der Waals surface area contributed by atoms with Crippen molar-refractivity contribution in [3.8, 4) is 0 Å². The third kappa shape index (κ3) is 6.15. The maximum absolute atomic E-state index is 5.18. The van der Waals surface area contributed by atoms with E-state index >= 15 is 0 Å². The number of ether oxygens (including phenoxy) is 2. The molecule has 132 valence electrons. The highest BCUT2D eigenvalue weighted by atomic mass is 16.5. The number of methoxy groups -OCH3 is 2. The van der Waals surface area contributed by atoms with Gasteiger partial charge in [0, 0.05) is 13.8 Å². The predicted octanol–water partition coefficient (Wildman–Crippen LogP) is 4.62. The number of nitrogens with zero attached hydrogens (tertiary/aromatic N) is 2. The smallest absolute Gasteiger partial charge is 0.179 e. The number of aliphatic imine (C=N–C) groups is 2. The van der Waals surface area contributed by atoms with Gasteiger partial charge in [0.05, 0.1) is 26.3 Å². The zero-order valence-electron chi connectivity index (χ0n) is 15.4. The zero-order chi connectivity index (χ0) is 16.7. The first kappa shape index (κ1) is 18.3. The normalized spacial score (nSPS) is 33.4. The van der Waals surface area contributed by atoms with Gasteiger partial charge >= 0.3 is 0 Å². The van der Waals surface area contributed by atoms with Crippen molar-refractivity contribution in [2.75, 3.05) is 14.2 Å². The average Bonchev–Trinajstić information content (AvgIpc) is 2.58. The molecule has 0 atom stereocenters. The molecule has 23 heavy (non-hydrogen) atoms. The van der Waals surface area contributed by atoms with E-state index < -0.39 is 0 Å². The van der Waals surface area contributed by atoms with E-state index in [0.29, 0.717) is 12.1 Å². The molecular weight excluding hydrogens is 288 g/mol. The largest absolute Gasteiger partial charge is 0.484 e. The molecule has 2 fully saturated rings. The summed E-state index contributed by atoms with van der Waals surface area (Å²) >= 11 is 0. The highest BCUT2D eigenvalue weighted by Gasteiger charge is 2.26. The fourth-order valence-corrected chi connectivity index (χ4v) is 4.11. The Morgan fingerprint density at radius 2 is 1.04 bits per heavy atom. The molecule has 0 heterocycles. The first-order valence-electron chi connectivity index (χ1n) is 9.27. The van der Waals surface area contributed by atoms with Crippen LogP contribution in [0.4, 0.5) is 0 Å². The lowest BCUT2D eigenvalue weighted by Gasteiger charge is -2.32. The van der Waals surface area contributed by atoms with Crippen LogP contribution in [-0.4, -0.2) is 38.1 Å². The molecule has 0 bridgehead atoms. The number of hydrogen-bond acceptors (Lipinski definition) is 4. The van der Waals surface area contributed by atoms with E-state index in [1.807, 2.05) is 13.8 Å². The van der Waals surface area contributed by atoms with E-state index in [-0.39, 0.29) is 0 Å². The van der Waals surface area contributed by atoms with Crippen LogP contribution in [0.15, 0.2) is 9.98 Å². The lowest BCUT2D eigenvalue weighted by molar-refractivity contribution is 0.224. The van der Waals surface area contributed by atoms with Gasteiger partial charge in [0.25, 0.3) is 0 Å². The molecule has 0 aromatic carbocycles. The lowest BCUT2D eigenvalue weighted by Crippen LogP contribution is -2.24. The lowest BCUT2D eigenvalue weighted by atomic mass is 9.76. The van der Waals surface area contributed by atoms with Crippen LogP contribution in [0.5, 0.6) is 0 Å². The van der Waals surface area contributed by atoms with Crippen molar-refractivity contribution >= 4 is 11.8 Å². The Labute approximate surface area is 141 Å². The fourth-order valence-electron chi connectivity index (χ4n) is 4.11. The van der Waals surface area contributed by atoms with E-state index in [1.165, 1.54) is 57.8 Å². The highest BCUT2D eigenvalue weighted by molar-refractivity contribution is 5.73. The molecule has 4 heteroatoms. The minimum absolute atomic E-state index is 0.494. The Bertz CT molecular complexity index is 366. The summed E-state index contributed by atoms with van der Waals surface area (Å²) in [5.74, 6) is 3.49. The van der Waals surface area contributed by atoms with Gasteiger partial charge in [-0.3, -0.25) is 9.98 Å². The average molecular weight is 322 g/mol. The second-order valence-electron chi connectivity index (χ2n) is 7.29. The Balaban J connectivity index is 1.68. The topological polar surface area (TPSA) is 43.2 Å². The van der Waals surface area contributed by atoms with Gasteiger partial charge in [0.2, 0.25) is 0 Å². The van der Waals surface area contributed by atoms with E-state index in [1.54, 1.807) is 14.2 Å². The van der Waals surface area contributed by atoms with Gasteiger partial charge in [-0.25, -0.2) is 0 Å². The van der Waals surface area contributed by atoms with Crippen molar-refractivity contribution in [2.24, 2.45) is 21.8 Å². The summed E-state index contributed by atoms with van der Waals surface area (Å²) in [5.41, 5.74) is 0. The number of rotatable bonds is 4. The summed E-state index contributed by atoms with van der Waals surface area (Å²) in [7, 11) is 3.41. The van der Waals surface area contributed by atoms with Crippen molar-refractivity contribution in [3.05, 3.63) is 0 Å². The summed E-state index contributed by atoms with van der Waals surface area (Å²) in [6.45, 7) is 3.91. The molecule has 2 saturated carbocycles. The maximum Gasteiger partial charge on any atom is 0.179 e. The van der Waals surface area contributed by atoms with Crippen LogP contribution in [-0.2, 0) is 9.47 Å². The summed E-state index contributed by atoms with van der Waals surface area (Å²) in [5, 5.41) is 0. The highest BCUT2D eigenvalue weighted by Crippen LogP contribution is 2.36. The molecule has 0 saturated heterocycles. The predicted molar refractivity (Wildman–Crippen MR) is 96.3 cm³/mol. The summed E-state index contributed by atoms with van der Waals surface area (Å²) in [6.07, 6.45) is 11.7. The molecule has 0 unspecified atom stereocenters. The molecule has 0 N–H and O–H groups in total. The van der Waals surface area contributed by atoms with Crippen molar-refractivity contribution in [1.29, 1.82) is 0 Å². The van der Waals surface area contributed by atoms with Crippen LogP contribution in [0, 0.1) is 11.8 Å². The Kier molecular flexibility index (Phi) is 7.38. The minimum atomic E-state index is 0.494. The monoisotopic (exact) mass is 322 g/mol. The van der Waals surface area contributed by atoms with Gasteiger partial charge in [-0.05, 0) is 69.6 Å². The van der Waals surface area contributed by atoms with Gasteiger partial charge < -0.3 is 9.47 Å². The summed E-state index contributed by atoms with van der Waals surface area (Å²) in [6, 6.07) is 0.988. The maximum atomic E-state index is 5.18. The first-order valence-corrected chi connectivity index (χ1v) is 9.27. The fraction of sp³-hybridized carbons (Fsp3) is 0.895. The van der Waals surface area contributed by atoms with E-state index in [0.717, 1.165) is 23.6 Å². The van der Waals surface area contributed by atoms with Crippen LogP contribution in [0.25, 0.3) is 0 Å². The van der Waals surface area contributed by atoms with Crippen molar-refractivity contribution in [1.82, 2.24) is 0 Å². The molecule has 0 radical (unpaired) electrons. The molecule has 2 aliphatic carbocycles. The van der Waals surface area contributed by atoms with Crippen LogP contribution in [0.2, 0.25) is 0 Å². The Hall–Kier alpha value is -1.06. The molecule has 2 aliphatic rings. The molecule has 0 amide bonds. The quantitative estimate of drug-likeness (QED) is 0.560. The van der Waals surface area contributed by atoms with Gasteiger partial charge in [-0.15, -0.1) is 0 Å². The van der Waals surface area contributed by atoms with Crippen molar-refractivity contribution < 1.29 is 9.47 Å². The van der Waals surface area contributed by atoms with Gasteiger partial charge in [-0.1, -0.05) is 0 Å². The second kappa shape index (κ2) is 9.29. The number of hydrogen-bond donors (Lipinski definition) is 0. The molecule has 0 aliphatic heterocycles. The van der Waals surface area contributed by atoms with Crippen molar-refractivity contribution in [2.45, 2.75) is 83.7 Å². The third-order valence-electron chi connectivity index (χ3n) is 5.62. The van der Waals surface area contributed by atoms with Crippen LogP contribution >= 0.6 is 0 Å². The van der Waals surface area contributed by atoms with Gasteiger partial charge in [0.1, 0.15) is 0 Å². The van der Waals surface area contributed by atoms with Crippen molar-refractivity contribution in [3.63, 3.8) is 0 Å². The Morgan fingerprint density at radius 1 is 0.696 bits per heavy atom. The van der Waals surface area contributed by atoms with Crippen LogP contribution in [0.1, 0.15) is 71.6 Å². The van der Waals surface area contributed by atoms with Gasteiger partial charge in [-0.2, -0.15) is 0 Å².